The van der Waals surface area contributed by atoms with Gasteiger partial charge in [0.2, 0.25) is 5.91 Å². The number of carbonyl (C=O) groups is 1. The van der Waals surface area contributed by atoms with Gasteiger partial charge in [-0.1, -0.05) is 0 Å². The maximum Gasteiger partial charge on any atom is 0.220 e. The van der Waals surface area contributed by atoms with Crippen LogP contribution in [0.5, 0.6) is 0 Å². The molecule has 1 atom stereocenters. The molecule has 5 nitrogen and oxygen atoms in total. The highest BCUT2D eigenvalue weighted by atomic mass is 35.5. The molecule has 0 radical (unpaired) electrons. The molecule has 128 valence electrons. The lowest BCUT2D eigenvalue weighted by Crippen LogP contribution is -2.36. The molecular formula is C15H27Cl2N3O2. The minimum Gasteiger partial charge on any atom is -0.465 e. The largest absolute Gasteiger partial charge is 0.465 e. The van der Waals surface area contributed by atoms with Gasteiger partial charge in [0.25, 0.3) is 0 Å². The van der Waals surface area contributed by atoms with E-state index in [9.17, 15) is 4.79 Å². The fourth-order valence-electron chi connectivity index (χ4n) is 2.66. The summed E-state index contributed by atoms with van der Waals surface area (Å²) in [6, 6.07) is 4.15. The first-order chi connectivity index (χ1) is 9.70. The predicted molar refractivity (Wildman–Crippen MR) is 92.8 cm³/mol. The molecule has 1 saturated heterocycles. The Balaban J connectivity index is 0.00000220. The first kappa shape index (κ1) is 21.2. The topological polar surface area (TPSA) is 71.5 Å². The second kappa shape index (κ2) is 10.9. The molecule has 0 bridgehead atoms. The summed E-state index contributed by atoms with van der Waals surface area (Å²) in [5.74, 6) is 1.94. The molecule has 1 aliphatic heterocycles. The van der Waals surface area contributed by atoms with Crippen LogP contribution in [0.25, 0.3) is 0 Å². The highest BCUT2D eigenvalue weighted by Crippen LogP contribution is 2.26. The first-order valence-electron chi connectivity index (χ1n) is 7.48. The zero-order valence-electron chi connectivity index (χ0n) is 13.0. The Morgan fingerprint density at radius 1 is 1.36 bits per heavy atom. The lowest BCUT2D eigenvalue weighted by atomic mass is 10.2. The molecule has 1 aromatic heterocycles. The van der Waals surface area contributed by atoms with E-state index in [1.807, 2.05) is 19.1 Å². The van der Waals surface area contributed by atoms with Gasteiger partial charge < -0.3 is 15.5 Å². The molecule has 22 heavy (non-hydrogen) atoms. The zero-order valence-corrected chi connectivity index (χ0v) is 14.7. The lowest BCUT2D eigenvalue weighted by Gasteiger charge is -2.26. The molecule has 0 spiro atoms. The van der Waals surface area contributed by atoms with Crippen molar-refractivity contribution in [1.82, 2.24) is 10.2 Å². The van der Waals surface area contributed by atoms with Crippen molar-refractivity contribution in [2.75, 3.05) is 26.2 Å². The Kier molecular flexibility index (Phi) is 10.5. The normalized spacial score (nSPS) is 15.7. The van der Waals surface area contributed by atoms with Crippen LogP contribution in [-0.4, -0.2) is 37.0 Å². The van der Waals surface area contributed by atoms with Gasteiger partial charge in [0.15, 0.2) is 0 Å². The number of aryl methyl sites for hydroxylation is 1. The SMILES string of the molecule is Cc1ccc(C(CNC(=O)CCCN)N2CCCC2)o1.Cl.Cl. The second-order valence-corrected chi connectivity index (χ2v) is 5.40. The zero-order chi connectivity index (χ0) is 14.4. The van der Waals surface area contributed by atoms with E-state index in [4.69, 9.17) is 10.2 Å². The van der Waals surface area contributed by atoms with E-state index in [2.05, 4.69) is 10.2 Å². The van der Waals surface area contributed by atoms with Crippen LogP contribution in [0.4, 0.5) is 0 Å². The van der Waals surface area contributed by atoms with Crippen molar-refractivity contribution in [3.8, 4) is 0 Å². The Hall–Kier alpha value is -0.750. The van der Waals surface area contributed by atoms with Crippen LogP contribution >= 0.6 is 24.8 Å². The Labute approximate surface area is 144 Å². The molecule has 7 heteroatoms. The summed E-state index contributed by atoms with van der Waals surface area (Å²) in [4.78, 5) is 14.1. The second-order valence-electron chi connectivity index (χ2n) is 5.40. The summed E-state index contributed by atoms with van der Waals surface area (Å²) >= 11 is 0. The number of amides is 1. The summed E-state index contributed by atoms with van der Waals surface area (Å²) in [6.45, 7) is 5.26. The molecule has 0 saturated carbocycles. The Morgan fingerprint density at radius 3 is 2.59 bits per heavy atom. The van der Waals surface area contributed by atoms with Crippen LogP contribution in [0.1, 0.15) is 43.2 Å². The third-order valence-electron chi connectivity index (χ3n) is 3.77. The van der Waals surface area contributed by atoms with E-state index in [0.717, 1.165) is 31.0 Å². The van der Waals surface area contributed by atoms with Crippen LogP contribution in [0.3, 0.4) is 0 Å². The number of carbonyl (C=O) groups excluding carboxylic acids is 1. The molecular weight excluding hydrogens is 325 g/mol. The molecule has 0 aromatic carbocycles. The quantitative estimate of drug-likeness (QED) is 0.791. The number of hydrogen-bond donors (Lipinski definition) is 2. The van der Waals surface area contributed by atoms with Crippen LogP contribution in [0, 0.1) is 6.92 Å². The number of hydrogen-bond acceptors (Lipinski definition) is 4. The third kappa shape index (κ3) is 6.16. The van der Waals surface area contributed by atoms with E-state index in [1.165, 1.54) is 12.8 Å². The van der Waals surface area contributed by atoms with E-state index in [-0.39, 0.29) is 36.8 Å². The van der Waals surface area contributed by atoms with Gasteiger partial charge >= 0.3 is 0 Å². The predicted octanol–water partition coefficient (Wildman–Crippen LogP) is 2.42. The van der Waals surface area contributed by atoms with Crippen molar-refractivity contribution in [2.45, 2.75) is 38.6 Å². The minimum absolute atomic E-state index is 0. The smallest absolute Gasteiger partial charge is 0.220 e. The van der Waals surface area contributed by atoms with Gasteiger partial charge in [0.1, 0.15) is 11.5 Å². The van der Waals surface area contributed by atoms with E-state index >= 15 is 0 Å². The standard InChI is InChI=1S/C15H25N3O2.2ClH/c1-12-6-7-14(20-12)13(18-9-2-3-10-18)11-17-15(19)5-4-8-16;;/h6-7,13H,2-5,8-11,16H2,1H3,(H,17,19);2*1H. The number of rotatable bonds is 7. The first-order valence-corrected chi connectivity index (χ1v) is 7.48. The van der Waals surface area contributed by atoms with Gasteiger partial charge in [0.05, 0.1) is 6.04 Å². The van der Waals surface area contributed by atoms with Crippen molar-refractivity contribution in [1.29, 1.82) is 0 Å². The third-order valence-corrected chi connectivity index (χ3v) is 3.77. The average molecular weight is 352 g/mol. The van der Waals surface area contributed by atoms with Gasteiger partial charge in [-0.3, -0.25) is 9.69 Å². The number of furan rings is 1. The number of halogens is 2. The van der Waals surface area contributed by atoms with Gasteiger partial charge in [-0.15, -0.1) is 24.8 Å². The van der Waals surface area contributed by atoms with Crippen molar-refractivity contribution >= 4 is 30.7 Å². The van der Waals surface area contributed by atoms with Crippen molar-refractivity contribution in [3.05, 3.63) is 23.7 Å². The van der Waals surface area contributed by atoms with E-state index < -0.39 is 0 Å². The van der Waals surface area contributed by atoms with Crippen LogP contribution in [0.2, 0.25) is 0 Å². The Bertz CT molecular complexity index is 434. The van der Waals surface area contributed by atoms with E-state index in [1.54, 1.807) is 0 Å². The summed E-state index contributed by atoms with van der Waals surface area (Å²) in [6.07, 6.45) is 3.68. The summed E-state index contributed by atoms with van der Waals surface area (Å²) < 4.78 is 5.76. The van der Waals surface area contributed by atoms with Crippen LogP contribution in [0.15, 0.2) is 16.5 Å². The van der Waals surface area contributed by atoms with Gasteiger partial charge in [-0.05, 0) is 58.0 Å². The van der Waals surface area contributed by atoms with Gasteiger partial charge in [-0.2, -0.15) is 0 Å². The molecule has 1 fully saturated rings. The van der Waals surface area contributed by atoms with Crippen molar-refractivity contribution in [2.24, 2.45) is 5.73 Å². The molecule has 1 amide bonds. The average Bonchev–Trinajstić information content (AvgIpc) is 3.09. The molecule has 1 unspecified atom stereocenters. The number of likely N-dealkylation sites (tertiary alicyclic amines) is 1. The van der Waals surface area contributed by atoms with E-state index in [0.29, 0.717) is 19.5 Å². The molecule has 2 rings (SSSR count). The highest BCUT2D eigenvalue weighted by Gasteiger charge is 2.26. The number of nitrogens with zero attached hydrogens (tertiary/aromatic N) is 1. The summed E-state index contributed by atoms with van der Waals surface area (Å²) in [7, 11) is 0. The number of nitrogens with two attached hydrogens (primary N) is 1. The van der Waals surface area contributed by atoms with Crippen molar-refractivity contribution in [3.63, 3.8) is 0 Å². The lowest BCUT2D eigenvalue weighted by molar-refractivity contribution is -0.121. The maximum atomic E-state index is 11.7. The minimum atomic E-state index is 0. The molecule has 1 aliphatic rings. The van der Waals surface area contributed by atoms with Crippen molar-refractivity contribution < 1.29 is 9.21 Å². The highest BCUT2D eigenvalue weighted by molar-refractivity contribution is 5.85. The Morgan fingerprint density at radius 2 is 2.05 bits per heavy atom. The summed E-state index contributed by atoms with van der Waals surface area (Å²) in [5.41, 5.74) is 5.42. The summed E-state index contributed by atoms with van der Waals surface area (Å²) in [5, 5.41) is 3.01. The van der Waals surface area contributed by atoms with Crippen LogP contribution in [-0.2, 0) is 4.79 Å². The van der Waals surface area contributed by atoms with Gasteiger partial charge in [0, 0.05) is 13.0 Å². The monoisotopic (exact) mass is 351 g/mol. The fraction of sp³-hybridized carbons (Fsp3) is 0.667. The molecule has 3 N–H and O–H groups in total. The molecule has 2 heterocycles. The fourth-order valence-corrected chi connectivity index (χ4v) is 2.66. The molecule has 0 aliphatic carbocycles. The van der Waals surface area contributed by atoms with Gasteiger partial charge in [-0.25, -0.2) is 0 Å². The van der Waals surface area contributed by atoms with Crippen LogP contribution < -0.4 is 11.1 Å². The number of nitrogens with one attached hydrogen (secondary N) is 1. The maximum absolute atomic E-state index is 11.7. The molecule has 1 aromatic rings.